The van der Waals surface area contributed by atoms with Crippen LogP contribution < -0.4 is 9.47 Å². The van der Waals surface area contributed by atoms with Crippen LogP contribution in [0.15, 0.2) is 24.5 Å². The molecule has 0 atom stereocenters. The number of carbonyl (C=O) groups excluding carboxylic acids is 1. The van der Waals surface area contributed by atoms with Crippen molar-refractivity contribution in [1.29, 1.82) is 0 Å². The van der Waals surface area contributed by atoms with Gasteiger partial charge < -0.3 is 9.47 Å². The van der Waals surface area contributed by atoms with Gasteiger partial charge in [0, 0.05) is 5.56 Å². The molecule has 1 aromatic heterocycles. The highest BCUT2D eigenvalue weighted by Crippen LogP contribution is 2.33. The lowest BCUT2D eigenvalue weighted by Gasteiger charge is -2.15. The molecule has 0 N–H and O–H groups in total. The second-order valence-corrected chi connectivity index (χ2v) is 3.70. The average Bonchev–Trinajstić information content (AvgIpc) is 2.92. The third kappa shape index (κ3) is 2.73. The van der Waals surface area contributed by atoms with E-state index in [1.165, 1.54) is 0 Å². The van der Waals surface area contributed by atoms with Crippen LogP contribution in [0.5, 0.6) is 11.5 Å². The van der Waals surface area contributed by atoms with Gasteiger partial charge in [0.15, 0.2) is 5.69 Å². The van der Waals surface area contributed by atoms with Crippen molar-refractivity contribution >= 4 is 6.29 Å². The zero-order chi connectivity index (χ0) is 13.7. The van der Waals surface area contributed by atoms with Crippen LogP contribution in [0, 0.1) is 0 Å². The Bertz CT molecular complexity index is 525. The molecule has 0 aliphatic heterocycles. The first-order valence-corrected chi connectivity index (χ1v) is 6.05. The molecule has 2 aromatic rings. The predicted molar refractivity (Wildman–Crippen MR) is 69.1 cm³/mol. The van der Waals surface area contributed by atoms with Crippen LogP contribution in [0.25, 0.3) is 5.69 Å². The topological polar surface area (TPSA) is 66.2 Å². The highest BCUT2D eigenvalue weighted by Gasteiger charge is 2.16. The van der Waals surface area contributed by atoms with Gasteiger partial charge in [-0.3, -0.25) is 4.79 Å². The number of hydrogen-bond acceptors (Lipinski definition) is 5. The Labute approximate surface area is 110 Å². The molecule has 0 fully saturated rings. The minimum atomic E-state index is 0.482. The summed E-state index contributed by atoms with van der Waals surface area (Å²) in [5, 5.41) is 7.72. The first-order chi connectivity index (χ1) is 9.30. The summed E-state index contributed by atoms with van der Waals surface area (Å²) in [7, 11) is 0. The van der Waals surface area contributed by atoms with Crippen LogP contribution in [-0.2, 0) is 0 Å². The van der Waals surface area contributed by atoms with E-state index in [2.05, 4.69) is 10.3 Å². The van der Waals surface area contributed by atoms with Gasteiger partial charge in [-0.25, -0.2) is 4.68 Å². The zero-order valence-corrected chi connectivity index (χ0v) is 10.9. The summed E-state index contributed by atoms with van der Waals surface area (Å²) in [4.78, 5) is 11.0. The SMILES string of the molecule is CCOc1cc(C=O)cc(OCC)c1-n1ccnn1. The molecule has 6 heteroatoms. The van der Waals surface area contributed by atoms with Crippen molar-refractivity contribution < 1.29 is 14.3 Å². The number of hydrogen-bond donors (Lipinski definition) is 0. The fourth-order valence-electron chi connectivity index (χ4n) is 1.75. The summed E-state index contributed by atoms with van der Waals surface area (Å²) in [5.74, 6) is 1.09. The molecule has 1 aromatic carbocycles. The fraction of sp³-hybridized carbons (Fsp3) is 0.308. The predicted octanol–water partition coefficient (Wildman–Crippen LogP) is 1.88. The molecule has 0 bridgehead atoms. The fourth-order valence-corrected chi connectivity index (χ4v) is 1.75. The van der Waals surface area contributed by atoms with Gasteiger partial charge in [-0.15, -0.1) is 5.10 Å². The van der Waals surface area contributed by atoms with Crippen molar-refractivity contribution in [2.45, 2.75) is 13.8 Å². The molecule has 0 radical (unpaired) electrons. The number of aromatic nitrogens is 3. The molecule has 0 aliphatic carbocycles. The van der Waals surface area contributed by atoms with Gasteiger partial charge in [-0.05, 0) is 26.0 Å². The maximum absolute atomic E-state index is 11.0. The quantitative estimate of drug-likeness (QED) is 0.743. The minimum Gasteiger partial charge on any atom is -0.491 e. The summed E-state index contributed by atoms with van der Waals surface area (Å²) in [6.07, 6.45) is 4.02. The van der Waals surface area contributed by atoms with Crippen molar-refractivity contribution in [3.05, 3.63) is 30.1 Å². The monoisotopic (exact) mass is 261 g/mol. The number of carbonyl (C=O) groups is 1. The van der Waals surface area contributed by atoms with Gasteiger partial charge >= 0.3 is 0 Å². The van der Waals surface area contributed by atoms with Crippen molar-refractivity contribution in [3.63, 3.8) is 0 Å². The standard InChI is InChI=1S/C13H15N3O3/c1-3-18-11-7-10(9-17)8-12(19-4-2)13(11)16-6-5-14-15-16/h5-9H,3-4H2,1-2H3. The van der Waals surface area contributed by atoms with E-state index in [-0.39, 0.29) is 0 Å². The first kappa shape index (κ1) is 13.1. The molecule has 1 heterocycles. The largest absolute Gasteiger partial charge is 0.491 e. The maximum atomic E-state index is 11.0. The van der Waals surface area contributed by atoms with Crippen molar-refractivity contribution in [2.75, 3.05) is 13.2 Å². The van der Waals surface area contributed by atoms with E-state index < -0.39 is 0 Å². The molecule has 19 heavy (non-hydrogen) atoms. The second kappa shape index (κ2) is 5.99. The van der Waals surface area contributed by atoms with Gasteiger partial charge in [0.25, 0.3) is 0 Å². The molecule has 100 valence electrons. The van der Waals surface area contributed by atoms with Crippen molar-refractivity contribution in [1.82, 2.24) is 15.0 Å². The number of ether oxygens (including phenoxy) is 2. The van der Waals surface area contributed by atoms with Crippen LogP contribution in [0.4, 0.5) is 0 Å². The molecular weight excluding hydrogens is 246 g/mol. The average molecular weight is 261 g/mol. The maximum Gasteiger partial charge on any atom is 0.150 e. The lowest BCUT2D eigenvalue weighted by Crippen LogP contribution is -2.06. The number of rotatable bonds is 6. The van der Waals surface area contributed by atoms with Gasteiger partial charge in [0.05, 0.1) is 25.6 Å². The van der Waals surface area contributed by atoms with Gasteiger partial charge in [-0.2, -0.15) is 0 Å². The van der Waals surface area contributed by atoms with E-state index in [4.69, 9.17) is 9.47 Å². The second-order valence-electron chi connectivity index (χ2n) is 3.70. The number of nitrogens with zero attached hydrogens (tertiary/aromatic N) is 3. The van der Waals surface area contributed by atoms with Crippen LogP contribution in [0.1, 0.15) is 24.2 Å². The third-order valence-corrected chi connectivity index (χ3v) is 2.45. The molecule has 0 amide bonds. The highest BCUT2D eigenvalue weighted by molar-refractivity contribution is 5.79. The van der Waals surface area contributed by atoms with Crippen LogP contribution in [-0.4, -0.2) is 34.5 Å². The van der Waals surface area contributed by atoms with E-state index in [0.29, 0.717) is 36.0 Å². The normalized spacial score (nSPS) is 10.2. The smallest absolute Gasteiger partial charge is 0.150 e. The molecule has 2 rings (SSSR count). The molecular formula is C13H15N3O3. The summed E-state index contributed by atoms with van der Waals surface area (Å²) in [5.41, 5.74) is 1.14. The summed E-state index contributed by atoms with van der Waals surface area (Å²) in [6.45, 7) is 4.71. The Morgan fingerprint density at radius 1 is 1.21 bits per heavy atom. The molecule has 0 unspecified atom stereocenters. The van der Waals surface area contributed by atoms with E-state index >= 15 is 0 Å². The molecule has 6 nitrogen and oxygen atoms in total. The summed E-state index contributed by atoms with van der Waals surface area (Å²) in [6, 6.07) is 3.33. The van der Waals surface area contributed by atoms with E-state index in [1.807, 2.05) is 13.8 Å². The van der Waals surface area contributed by atoms with E-state index in [1.54, 1.807) is 29.2 Å². The molecule has 0 saturated heterocycles. The van der Waals surface area contributed by atoms with Crippen molar-refractivity contribution in [3.8, 4) is 17.2 Å². The Morgan fingerprint density at radius 2 is 1.84 bits per heavy atom. The Morgan fingerprint density at radius 3 is 2.26 bits per heavy atom. The lowest BCUT2D eigenvalue weighted by atomic mass is 10.2. The number of aldehydes is 1. The molecule has 0 aliphatic rings. The minimum absolute atomic E-state index is 0.482. The molecule has 0 saturated carbocycles. The van der Waals surface area contributed by atoms with Crippen LogP contribution in [0.3, 0.4) is 0 Å². The Kier molecular flexibility index (Phi) is 4.12. The van der Waals surface area contributed by atoms with Crippen LogP contribution >= 0.6 is 0 Å². The zero-order valence-electron chi connectivity index (χ0n) is 10.9. The Hall–Kier alpha value is -2.37. The van der Waals surface area contributed by atoms with Gasteiger partial charge in [-0.1, -0.05) is 5.21 Å². The Balaban J connectivity index is 2.61. The molecule has 0 spiro atoms. The van der Waals surface area contributed by atoms with E-state index in [0.717, 1.165) is 6.29 Å². The van der Waals surface area contributed by atoms with E-state index in [9.17, 15) is 4.79 Å². The van der Waals surface area contributed by atoms with Crippen molar-refractivity contribution in [2.24, 2.45) is 0 Å². The highest BCUT2D eigenvalue weighted by atomic mass is 16.5. The summed E-state index contributed by atoms with van der Waals surface area (Å²) < 4.78 is 12.7. The lowest BCUT2D eigenvalue weighted by molar-refractivity contribution is 0.112. The third-order valence-electron chi connectivity index (χ3n) is 2.45. The van der Waals surface area contributed by atoms with Crippen LogP contribution in [0.2, 0.25) is 0 Å². The van der Waals surface area contributed by atoms with Gasteiger partial charge in [0.1, 0.15) is 17.8 Å². The first-order valence-electron chi connectivity index (χ1n) is 6.05. The number of benzene rings is 1. The summed E-state index contributed by atoms with van der Waals surface area (Å²) >= 11 is 0. The van der Waals surface area contributed by atoms with Gasteiger partial charge in [0.2, 0.25) is 0 Å².